The third-order valence-electron chi connectivity index (χ3n) is 5.03. The first-order valence-corrected chi connectivity index (χ1v) is 8.09. The van der Waals surface area contributed by atoms with E-state index in [0.717, 1.165) is 25.1 Å². The Morgan fingerprint density at radius 2 is 1.86 bits per heavy atom. The number of carbonyl (C=O) groups excluding carboxylic acids is 1. The molecule has 0 amide bonds. The van der Waals surface area contributed by atoms with Crippen molar-refractivity contribution in [2.75, 3.05) is 13.1 Å². The van der Waals surface area contributed by atoms with Gasteiger partial charge in [-0.05, 0) is 35.4 Å². The fraction of sp³-hybridized carbons (Fsp3) is 0.632. The fourth-order valence-electron chi connectivity index (χ4n) is 3.25. The SMILES string of the molecule is CC(C)C1(C(=O)Cc2ccc(C(C)(C)C)cc2)CCNC1. The predicted molar refractivity (Wildman–Crippen MR) is 88.6 cm³/mol. The van der Waals surface area contributed by atoms with Crippen molar-refractivity contribution in [2.24, 2.45) is 11.3 Å². The van der Waals surface area contributed by atoms with Crippen LogP contribution in [0.3, 0.4) is 0 Å². The Hall–Kier alpha value is -1.15. The molecule has 1 heterocycles. The Kier molecular flexibility index (Phi) is 4.57. The zero-order chi connectivity index (χ0) is 15.7. The van der Waals surface area contributed by atoms with E-state index in [9.17, 15) is 4.79 Å². The molecule has 1 aliphatic rings. The van der Waals surface area contributed by atoms with Crippen molar-refractivity contribution in [1.82, 2.24) is 5.32 Å². The second-order valence-corrected chi connectivity index (χ2v) is 7.78. The zero-order valence-electron chi connectivity index (χ0n) is 14.1. The van der Waals surface area contributed by atoms with Gasteiger partial charge in [0.2, 0.25) is 0 Å². The summed E-state index contributed by atoms with van der Waals surface area (Å²) in [4.78, 5) is 12.8. The molecular formula is C19H29NO. The standard InChI is InChI=1S/C19H29NO/c1-14(2)19(10-11-20-13-19)17(21)12-15-6-8-16(9-7-15)18(3,4)5/h6-9,14,20H,10-13H2,1-5H3. The lowest BCUT2D eigenvalue weighted by atomic mass is 9.71. The number of nitrogens with one attached hydrogen (secondary N) is 1. The Balaban J connectivity index is 2.12. The lowest BCUT2D eigenvalue weighted by Crippen LogP contribution is -2.39. The van der Waals surface area contributed by atoms with Gasteiger partial charge in [-0.3, -0.25) is 4.79 Å². The summed E-state index contributed by atoms with van der Waals surface area (Å²) in [6.07, 6.45) is 1.54. The molecule has 2 heteroatoms. The maximum atomic E-state index is 12.8. The molecule has 116 valence electrons. The van der Waals surface area contributed by atoms with Gasteiger partial charge < -0.3 is 5.32 Å². The molecule has 2 nitrogen and oxygen atoms in total. The number of benzene rings is 1. The van der Waals surface area contributed by atoms with Crippen molar-refractivity contribution in [1.29, 1.82) is 0 Å². The van der Waals surface area contributed by atoms with Crippen LogP contribution in [0, 0.1) is 11.3 Å². The summed E-state index contributed by atoms with van der Waals surface area (Å²) in [5.41, 5.74) is 2.46. The van der Waals surface area contributed by atoms with Gasteiger partial charge in [0.1, 0.15) is 5.78 Å². The van der Waals surface area contributed by atoms with Crippen LogP contribution >= 0.6 is 0 Å². The first-order chi connectivity index (χ1) is 9.75. The van der Waals surface area contributed by atoms with Crippen LogP contribution in [0.25, 0.3) is 0 Å². The van der Waals surface area contributed by atoms with Crippen molar-refractivity contribution in [2.45, 2.75) is 52.9 Å². The topological polar surface area (TPSA) is 29.1 Å². The molecule has 0 aromatic heterocycles. The molecule has 1 aliphatic heterocycles. The van der Waals surface area contributed by atoms with Crippen LogP contribution in [-0.2, 0) is 16.6 Å². The number of rotatable bonds is 4. The average molecular weight is 287 g/mol. The molecule has 1 saturated heterocycles. The molecule has 1 fully saturated rings. The third-order valence-corrected chi connectivity index (χ3v) is 5.03. The molecular weight excluding hydrogens is 258 g/mol. The zero-order valence-corrected chi connectivity index (χ0v) is 14.1. The number of carbonyl (C=O) groups is 1. The minimum absolute atomic E-state index is 0.164. The number of hydrogen-bond acceptors (Lipinski definition) is 2. The van der Waals surface area contributed by atoms with Crippen LogP contribution in [0.4, 0.5) is 0 Å². The summed E-state index contributed by atoms with van der Waals surface area (Å²) in [5.74, 6) is 0.792. The molecule has 0 bridgehead atoms. The van der Waals surface area contributed by atoms with E-state index in [1.54, 1.807) is 0 Å². The van der Waals surface area contributed by atoms with Gasteiger partial charge in [-0.2, -0.15) is 0 Å². The van der Waals surface area contributed by atoms with Crippen molar-refractivity contribution >= 4 is 5.78 Å². The van der Waals surface area contributed by atoms with Gasteiger partial charge in [0.25, 0.3) is 0 Å². The largest absolute Gasteiger partial charge is 0.316 e. The minimum atomic E-state index is -0.164. The molecule has 1 aromatic carbocycles. The maximum Gasteiger partial charge on any atom is 0.144 e. The van der Waals surface area contributed by atoms with Crippen LogP contribution < -0.4 is 5.32 Å². The second-order valence-electron chi connectivity index (χ2n) is 7.78. The van der Waals surface area contributed by atoms with Crippen molar-refractivity contribution in [3.8, 4) is 0 Å². The normalized spacial score (nSPS) is 22.8. The Morgan fingerprint density at radius 3 is 2.29 bits per heavy atom. The van der Waals surface area contributed by atoms with Gasteiger partial charge in [0, 0.05) is 18.4 Å². The summed E-state index contributed by atoms with van der Waals surface area (Å²) in [7, 11) is 0. The Morgan fingerprint density at radius 1 is 1.24 bits per heavy atom. The van der Waals surface area contributed by atoms with Gasteiger partial charge in [-0.1, -0.05) is 58.9 Å². The summed E-state index contributed by atoms with van der Waals surface area (Å²) in [5, 5.41) is 3.37. The van der Waals surface area contributed by atoms with Crippen LogP contribution in [0.15, 0.2) is 24.3 Å². The van der Waals surface area contributed by atoms with E-state index in [-0.39, 0.29) is 10.8 Å². The highest BCUT2D eigenvalue weighted by atomic mass is 16.1. The summed E-state index contributed by atoms with van der Waals surface area (Å²) >= 11 is 0. The van der Waals surface area contributed by atoms with Crippen LogP contribution in [0.1, 0.15) is 52.2 Å². The van der Waals surface area contributed by atoms with Crippen molar-refractivity contribution in [3.63, 3.8) is 0 Å². The summed E-state index contributed by atoms with van der Waals surface area (Å²) < 4.78 is 0. The average Bonchev–Trinajstić information content (AvgIpc) is 2.89. The fourth-order valence-corrected chi connectivity index (χ4v) is 3.25. The minimum Gasteiger partial charge on any atom is -0.316 e. The van der Waals surface area contributed by atoms with Crippen LogP contribution in [-0.4, -0.2) is 18.9 Å². The molecule has 1 N–H and O–H groups in total. The number of ketones is 1. The highest BCUT2D eigenvalue weighted by Crippen LogP contribution is 2.36. The molecule has 1 atom stereocenters. The van der Waals surface area contributed by atoms with E-state index < -0.39 is 0 Å². The molecule has 1 aromatic rings. The molecule has 1 unspecified atom stereocenters. The quantitative estimate of drug-likeness (QED) is 0.914. The molecule has 0 spiro atoms. The van der Waals surface area contributed by atoms with Gasteiger partial charge in [0.05, 0.1) is 0 Å². The second kappa shape index (κ2) is 5.92. The third kappa shape index (κ3) is 3.37. The monoisotopic (exact) mass is 287 g/mol. The molecule has 0 saturated carbocycles. The molecule has 2 rings (SSSR count). The van der Waals surface area contributed by atoms with E-state index >= 15 is 0 Å². The Bertz CT molecular complexity index is 487. The van der Waals surface area contributed by atoms with Gasteiger partial charge in [-0.15, -0.1) is 0 Å². The number of hydrogen-bond donors (Lipinski definition) is 1. The number of Topliss-reactive ketones (excluding diaryl/α,β-unsaturated/α-hetero) is 1. The van der Waals surface area contributed by atoms with E-state index in [1.165, 1.54) is 5.56 Å². The molecule has 21 heavy (non-hydrogen) atoms. The highest BCUT2D eigenvalue weighted by Gasteiger charge is 2.43. The summed E-state index contributed by atoms with van der Waals surface area (Å²) in [6.45, 7) is 12.8. The summed E-state index contributed by atoms with van der Waals surface area (Å²) in [6, 6.07) is 8.57. The lowest BCUT2D eigenvalue weighted by Gasteiger charge is -2.31. The molecule has 0 radical (unpaired) electrons. The first-order valence-electron chi connectivity index (χ1n) is 8.09. The Labute approximate surface area is 129 Å². The smallest absolute Gasteiger partial charge is 0.144 e. The maximum absolute atomic E-state index is 12.8. The van der Waals surface area contributed by atoms with Gasteiger partial charge in [-0.25, -0.2) is 0 Å². The lowest BCUT2D eigenvalue weighted by molar-refractivity contribution is -0.129. The van der Waals surface area contributed by atoms with E-state index in [0.29, 0.717) is 18.1 Å². The van der Waals surface area contributed by atoms with Crippen LogP contribution in [0.2, 0.25) is 0 Å². The molecule has 0 aliphatic carbocycles. The highest BCUT2D eigenvalue weighted by molar-refractivity contribution is 5.87. The van der Waals surface area contributed by atoms with Crippen LogP contribution in [0.5, 0.6) is 0 Å². The van der Waals surface area contributed by atoms with E-state index in [2.05, 4.69) is 64.2 Å². The predicted octanol–water partition coefficient (Wildman–Crippen LogP) is 3.73. The first kappa shape index (κ1) is 16.2. The van der Waals surface area contributed by atoms with Gasteiger partial charge >= 0.3 is 0 Å². The van der Waals surface area contributed by atoms with Crippen molar-refractivity contribution < 1.29 is 4.79 Å². The van der Waals surface area contributed by atoms with Gasteiger partial charge in [0.15, 0.2) is 0 Å². The van der Waals surface area contributed by atoms with E-state index in [1.807, 2.05) is 0 Å². The van der Waals surface area contributed by atoms with Crippen molar-refractivity contribution in [3.05, 3.63) is 35.4 Å². The van der Waals surface area contributed by atoms with E-state index in [4.69, 9.17) is 0 Å².